The lowest BCUT2D eigenvalue weighted by Crippen LogP contribution is -2.61. The van der Waals surface area contributed by atoms with Crippen LogP contribution >= 0.6 is 0 Å². The van der Waals surface area contributed by atoms with Crippen molar-refractivity contribution in [3.63, 3.8) is 0 Å². The van der Waals surface area contributed by atoms with E-state index in [1.54, 1.807) is 31.2 Å². The molecule has 0 bridgehead atoms. The van der Waals surface area contributed by atoms with Crippen molar-refractivity contribution in [1.29, 1.82) is 5.26 Å². The lowest BCUT2D eigenvalue weighted by Gasteiger charge is -2.47. The smallest absolute Gasteiger partial charge is 0.422 e. The number of fused-ring (bicyclic) bond motifs is 3. The predicted molar refractivity (Wildman–Crippen MR) is 142 cm³/mol. The van der Waals surface area contributed by atoms with Gasteiger partial charge in [-0.25, -0.2) is 9.07 Å². The van der Waals surface area contributed by atoms with E-state index in [0.29, 0.717) is 36.9 Å². The zero-order valence-corrected chi connectivity index (χ0v) is 23.1. The van der Waals surface area contributed by atoms with Crippen LogP contribution in [0.2, 0.25) is 0 Å². The third-order valence-corrected chi connectivity index (χ3v) is 9.35. The van der Waals surface area contributed by atoms with E-state index in [0.717, 1.165) is 0 Å². The van der Waals surface area contributed by atoms with Crippen molar-refractivity contribution < 1.29 is 31.9 Å². The Balaban J connectivity index is 1.36. The Morgan fingerprint density at radius 1 is 1.31 bits per heavy atom. The fourth-order valence-corrected chi connectivity index (χ4v) is 6.47. The minimum atomic E-state index is -4.46. The molecule has 12 heteroatoms. The van der Waals surface area contributed by atoms with E-state index < -0.39 is 46.8 Å². The Bertz CT molecular complexity index is 1600. The normalized spacial score (nSPS) is 27.0. The molecular weight excluding hydrogens is 554 g/mol. The van der Waals surface area contributed by atoms with Gasteiger partial charge in [0.1, 0.15) is 17.3 Å². The molecule has 6 rings (SSSR count). The van der Waals surface area contributed by atoms with Crippen LogP contribution in [0.5, 0.6) is 0 Å². The van der Waals surface area contributed by atoms with E-state index in [9.17, 15) is 32.4 Å². The van der Waals surface area contributed by atoms with Crippen LogP contribution in [0.25, 0.3) is 5.69 Å². The molecule has 2 saturated carbocycles. The number of aryl methyl sites for hydroxylation is 1. The number of hydrogen-bond acceptors (Lipinski definition) is 5. The standard InChI is InChI=1S/C30H29F4N5O3/c1-17-3-4-19(12-21(17)31)39-24(26(41)36-15-28(14-35)9-10-28)23-22(38-39)13-29(37-25(23)40)8-5-18-11-20(6-7-27(18,29)2)42-16-30(32,33)34/h3-4,6-7,11-12,18H,5,8-10,13,15-16H2,1-2H3,(H,36,41)(H,37,40)/t18?,27?,29-/m0/s1. The number of alkyl halides is 3. The number of nitrogens with one attached hydrogen (secondary N) is 2. The highest BCUT2D eigenvalue weighted by Crippen LogP contribution is 2.56. The highest BCUT2D eigenvalue weighted by molar-refractivity contribution is 6.08. The number of hydrogen-bond donors (Lipinski definition) is 2. The van der Waals surface area contributed by atoms with E-state index in [1.165, 1.54) is 16.8 Å². The maximum absolute atomic E-state index is 14.6. The first kappa shape index (κ1) is 28.0. The van der Waals surface area contributed by atoms with Crippen molar-refractivity contribution in [3.8, 4) is 11.8 Å². The Morgan fingerprint density at radius 2 is 2.07 bits per heavy atom. The number of carbonyl (C=O) groups is 2. The number of rotatable bonds is 6. The van der Waals surface area contributed by atoms with Crippen molar-refractivity contribution in [2.75, 3.05) is 13.2 Å². The number of allylic oxidation sites excluding steroid dienone is 2. The highest BCUT2D eigenvalue weighted by Gasteiger charge is 2.59. The molecule has 1 aliphatic heterocycles. The van der Waals surface area contributed by atoms with Gasteiger partial charge >= 0.3 is 6.18 Å². The molecule has 0 saturated heterocycles. The Kier molecular flexibility index (Phi) is 6.29. The van der Waals surface area contributed by atoms with Gasteiger partial charge in [-0.05, 0) is 68.4 Å². The monoisotopic (exact) mass is 583 g/mol. The van der Waals surface area contributed by atoms with Gasteiger partial charge in [-0.1, -0.05) is 19.1 Å². The molecule has 3 aliphatic carbocycles. The number of nitrogens with zero attached hydrogens (tertiary/aromatic N) is 3. The maximum Gasteiger partial charge on any atom is 0.422 e. The van der Waals surface area contributed by atoms with E-state index in [4.69, 9.17) is 4.74 Å². The number of amides is 2. The van der Waals surface area contributed by atoms with Crippen molar-refractivity contribution in [2.24, 2.45) is 16.7 Å². The fraction of sp³-hybridized carbons (Fsp3) is 0.467. The zero-order chi connectivity index (χ0) is 30.1. The van der Waals surface area contributed by atoms with Gasteiger partial charge in [0.25, 0.3) is 11.8 Å². The van der Waals surface area contributed by atoms with Crippen molar-refractivity contribution in [2.45, 2.75) is 57.7 Å². The van der Waals surface area contributed by atoms with Crippen molar-refractivity contribution >= 4 is 11.8 Å². The second-order valence-electron chi connectivity index (χ2n) is 12.0. The molecule has 2 unspecified atom stereocenters. The van der Waals surface area contributed by atoms with Gasteiger partial charge in [-0.15, -0.1) is 0 Å². The average Bonchev–Trinajstić information content (AvgIpc) is 3.55. The lowest BCUT2D eigenvalue weighted by atomic mass is 9.64. The molecule has 1 aromatic carbocycles. The number of benzene rings is 1. The molecule has 1 spiro atoms. The van der Waals surface area contributed by atoms with Crippen LogP contribution in [-0.4, -0.2) is 46.5 Å². The maximum atomic E-state index is 14.6. The van der Waals surface area contributed by atoms with Crippen LogP contribution in [0.3, 0.4) is 0 Å². The van der Waals surface area contributed by atoms with Gasteiger partial charge in [-0.3, -0.25) is 9.59 Å². The molecule has 8 nitrogen and oxygen atoms in total. The average molecular weight is 584 g/mol. The second kappa shape index (κ2) is 9.44. The van der Waals surface area contributed by atoms with Crippen LogP contribution in [-0.2, 0) is 11.2 Å². The summed E-state index contributed by atoms with van der Waals surface area (Å²) in [6.07, 6.45) is 3.20. The Labute approximate surface area is 239 Å². The van der Waals surface area contributed by atoms with Crippen LogP contribution in [0.15, 0.2) is 42.2 Å². The fourth-order valence-electron chi connectivity index (χ4n) is 6.47. The summed E-state index contributed by atoms with van der Waals surface area (Å²) in [6, 6.07) is 6.65. The number of nitriles is 1. The minimum Gasteiger partial charge on any atom is -0.484 e. The van der Waals surface area contributed by atoms with E-state index in [-0.39, 0.29) is 41.6 Å². The van der Waals surface area contributed by atoms with Crippen molar-refractivity contribution in [3.05, 3.63) is 70.5 Å². The quantitative estimate of drug-likeness (QED) is 0.474. The third-order valence-electron chi connectivity index (χ3n) is 9.35. The molecule has 2 amide bonds. The minimum absolute atomic E-state index is 0.0454. The molecule has 3 atom stereocenters. The molecule has 0 radical (unpaired) electrons. The summed E-state index contributed by atoms with van der Waals surface area (Å²) < 4.78 is 59.0. The Morgan fingerprint density at radius 3 is 2.74 bits per heavy atom. The number of halogens is 4. The molecule has 1 aromatic heterocycles. The van der Waals surface area contributed by atoms with Crippen molar-refractivity contribution in [1.82, 2.24) is 20.4 Å². The number of ether oxygens (including phenoxy) is 1. The van der Waals surface area contributed by atoms with Crippen LogP contribution in [0.4, 0.5) is 17.6 Å². The summed E-state index contributed by atoms with van der Waals surface area (Å²) in [5.74, 6) is -1.68. The van der Waals surface area contributed by atoms with Crippen LogP contribution in [0.1, 0.15) is 64.7 Å². The van der Waals surface area contributed by atoms with Gasteiger partial charge in [0.15, 0.2) is 6.61 Å². The van der Waals surface area contributed by atoms with E-state index >= 15 is 0 Å². The molecule has 4 aliphatic rings. The molecule has 2 N–H and O–H groups in total. The van der Waals surface area contributed by atoms with Crippen LogP contribution in [0, 0.1) is 40.8 Å². The topological polar surface area (TPSA) is 109 Å². The summed E-state index contributed by atoms with van der Waals surface area (Å²) >= 11 is 0. The summed E-state index contributed by atoms with van der Waals surface area (Å²) in [7, 11) is 0. The lowest BCUT2D eigenvalue weighted by molar-refractivity contribution is -0.164. The molecular formula is C30H29F4N5O3. The first-order valence-corrected chi connectivity index (χ1v) is 13.8. The van der Waals surface area contributed by atoms with Gasteiger partial charge in [0.05, 0.1) is 34.0 Å². The largest absolute Gasteiger partial charge is 0.484 e. The number of carbonyl (C=O) groups excluding carboxylic acids is 2. The van der Waals surface area contributed by atoms with E-state index in [2.05, 4.69) is 21.8 Å². The molecule has 2 aromatic rings. The molecule has 42 heavy (non-hydrogen) atoms. The van der Waals surface area contributed by atoms with Gasteiger partial charge in [0, 0.05) is 18.4 Å². The second-order valence-corrected chi connectivity index (χ2v) is 12.0. The summed E-state index contributed by atoms with van der Waals surface area (Å²) in [4.78, 5) is 27.4. The number of aromatic nitrogens is 2. The Hall–Kier alpha value is -4.14. The predicted octanol–water partition coefficient (Wildman–Crippen LogP) is 4.83. The zero-order valence-electron chi connectivity index (χ0n) is 23.1. The first-order valence-electron chi connectivity index (χ1n) is 13.8. The highest BCUT2D eigenvalue weighted by atomic mass is 19.4. The summed E-state index contributed by atoms with van der Waals surface area (Å²) in [5.41, 5.74) is -1.04. The summed E-state index contributed by atoms with van der Waals surface area (Å²) in [6.45, 7) is 2.28. The summed E-state index contributed by atoms with van der Waals surface area (Å²) in [5, 5.41) is 20.0. The first-order chi connectivity index (χ1) is 19.8. The SMILES string of the molecule is Cc1ccc(-n2nc3c(c2C(=O)NCC2(C#N)CC2)C(=O)N[C@@]2(CCC4C=C(OCC(F)(F)F)C=CC42C)C3)cc1F. The van der Waals surface area contributed by atoms with Gasteiger partial charge in [0.2, 0.25) is 0 Å². The molecule has 220 valence electrons. The van der Waals surface area contributed by atoms with Crippen LogP contribution < -0.4 is 10.6 Å². The molecule has 2 heterocycles. The molecule has 2 fully saturated rings. The van der Waals surface area contributed by atoms with Gasteiger partial charge in [-0.2, -0.15) is 23.5 Å². The third kappa shape index (κ3) is 4.55. The van der Waals surface area contributed by atoms with Gasteiger partial charge < -0.3 is 15.4 Å². The van der Waals surface area contributed by atoms with E-state index in [1.807, 2.05) is 6.92 Å².